The summed E-state index contributed by atoms with van der Waals surface area (Å²) >= 11 is 0. The van der Waals surface area contributed by atoms with Crippen LogP contribution in [0.4, 0.5) is 11.6 Å². The van der Waals surface area contributed by atoms with E-state index in [0.717, 1.165) is 68.7 Å². The molecule has 4 saturated carbocycles. The van der Waals surface area contributed by atoms with Crippen LogP contribution in [0.15, 0.2) is 12.1 Å². The lowest BCUT2D eigenvalue weighted by atomic mass is 9.49. The van der Waals surface area contributed by atoms with Crippen molar-refractivity contribution in [2.24, 2.45) is 23.2 Å². The van der Waals surface area contributed by atoms with Gasteiger partial charge in [-0.3, -0.25) is 4.79 Å². The van der Waals surface area contributed by atoms with Crippen molar-refractivity contribution in [1.29, 1.82) is 0 Å². The number of carbonyl (C=O) groups excluding carboxylic acids is 1. The Balaban J connectivity index is 1.08. The van der Waals surface area contributed by atoms with E-state index in [-0.39, 0.29) is 5.41 Å². The molecule has 4 aliphatic carbocycles. The number of carbonyl (C=O) groups is 1. The second-order valence-electron chi connectivity index (χ2n) is 10.8. The lowest BCUT2D eigenvalue weighted by molar-refractivity contribution is -0.158. The summed E-state index contributed by atoms with van der Waals surface area (Å²) < 4.78 is 0. The lowest BCUT2D eigenvalue weighted by Gasteiger charge is -2.57. The molecule has 1 amide bonds. The summed E-state index contributed by atoms with van der Waals surface area (Å²) in [7, 11) is 0. The Kier molecular flexibility index (Phi) is 4.65. The summed E-state index contributed by atoms with van der Waals surface area (Å²) in [5, 5.41) is 9.04. The Morgan fingerprint density at radius 3 is 1.73 bits per heavy atom. The van der Waals surface area contributed by atoms with Gasteiger partial charge in [0.25, 0.3) is 0 Å². The monoisotopic (exact) mass is 409 g/mol. The molecule has 0 radical (unpaired) electrons. The van der Waals surface area contributed by atoms with Gasteiger partial charge in [-0.25, -0.2) is 0 Å². The highest BCUT2D eigenvalue weighted by Gasteiger charge is 2.55. The van der Waals surface area contributed by atoms with Crippen LogP contribution in [-0.4, -0.2) is 60.3 Å². The first kappa shape index (κ1) is 18.9. The van der Waals surface area contributed by atoms with Gasteiger partial charge >= 0.3 is 0 Å². The molecule has 2 aliphatic heterocycles. The molecule has 0 atom stereocenters. The molecule has 162 valence electrons. The minimum Gasteiger partial charge on any atom is -0.355 e. The fourth-order valence-electron chi connectivity index (χ4n) is 7.63. The molecular weight excluding hydrogens is 374 g/mol. The Labute approximate surface area is 180 Å². The molecule has 2 saturated heterocycles. The number of hydrogen-bond acceptors (Lipinski definition) is 5. The Morgan fingerprint density at radius 2 is 1.23 bits per heavy atom. The molecule has 1 aromatic heterocycles. The van der Waals surface area contributed by atoms with E-state index in [0.29, 0.717) is 5.91 Å². The molecule has 0 unspecified atom stereocenters. The van der Waals surface area contributed by atoms with E-state index < -0.39 is 0 Å². The van der Waals surface area contributed by atoms with Crippen LogP contribution in [0.3, 0.4) is 0 Å². The van der Waals surface area contributed by atoms with Crippen LogP contribution in [0.25, 0.3) is 0 Å². The van der Waals surface area contributed by atoms with Crippen molar-refractivity contribution < 1.29 is 4.79 Å². The van der Waals surface area contributed by atoms with E-state index >= 15 is 0 Å². The number of amides is 1. The number of piperidine rings is 1. The molecule has 3 heterocycles. The summed E-state index contributed by atoms with van der Waals surface area (Å²) in [5.74, 6) is 4.93. The van der Waals surface area contributed by atoms with Crippen molar-refractivity contribution in [3.8, 4) is 0 Å². The number of hydrogen-bond donors (Lipinski definition) is 0. The molecular formula is C24H35N5O. The fraction of sp³-hybridized carbons (Fsp3) is 0.792. The average Bonchev–Trinajstić information content (AvgIpc) is 2.79. The molecule has 6 heteroatoms. The number of rotatable bonds is 3. The molecule has 0 aromatic carbocycles. The lowest BCUT2D eigenvalue weighted by Crippen LogP contribution is -2.58. The Hall–Kier alpha value is -1.85. The van der Waals surface area contributed by atoms with Crippen molar-refractivity contribution in [2.75, 3.05) is 49.1 Å². The maximum Gasteiger partial charge on any atom is 0.228 e. The highest BCUT2D eigenvalue weighted by atomic mass is 16.2. The van der Waals surface area contributed by atoms with Gasteiger partial charge in [0.1, 0.15) is 0 Å². The van der Waals surface area contributed by atoms with E-state index in [9.17, 15) is 4.79 Å². The minimum atomic E-state index is -0.00713. The van der Waals surface area contributed by atoms with Gasteiger partial charge in [-0.05, 0) is 87.7 Å². The number of piperazine rings is 1. The van der Waals surface area contributed by atoms with Gasteiger partial charge in [0.15, 0.2) is 11.6 Å². The van der Waals surface area contributed by atoms with Gasteiger partial charge in [0.05, 0.1) is 5.41 Å². The SMILES string of the molecule is O=C(N1CCN(c2ccc(N3CCCCC3)nn2)CC1)C12CC3CC(CC(C3)C1)C2. The van der Waals surface area contributed by atoms with Crippen LogP contribution in [-0.2, 0) is 4.79 Å². The third-order valence-corrected chi connectivity index (χ3v) is 8.70. The topological polar surface area (TPSA) is 52.6 Å². The third kappa shape index (κ3) is 3.27. The summed E-state index contributed by atoms with van der Waals surface area (Å²) in [6, 6.07) is 4.24. The fourth-order valence-corrected chi connectivity index (χ4v) is 7.63. The maximum absolute atomic E-state index is 13.6. The summed E-state index contributed by atoms with van der Waals surface area (Å²) in [4.78, 5) is 20.4. The van der Waals surface area contributed by atoms with Crippen LogP contribution in [0.1, 0.15) is 57.8 Å². The summed E-state index contributed by atoms with van der Waals surface area (Å²) in [6.45, 7) is 5.59. The molecule has 0 spiro atoms. The molecule has 0 N–H and O–H groups in total. The normalized spacial score (nSPS) is 35.7. The van der Waals surface area contributed by atoms with Crippen molar-refractivity contribution in [3.63, 3.8) is 0 Å². The number of nitrogens with zero attached hydrogens (tertiary/aromatic N) is 5. The number of aromatic nitrogens is 2. The van der Waals surface area contributed by atoms with Crippen molar-refractivity contribution in [1.82, 2.24) is 15.1 Å². The largest absolute Gasteiger partial charge is 0.355 e. The van der Waals surface area contributed by atoms with Gasteiger partial charge in [-0.1, -0.05) is 0 Å². The maximum atomic E-state index is 13.6. The van der Waals surface area contributed by atoms with E-state index in [4.69, 9.17) is 0 Å². The zero-order chi connectivity index (χ0) is 20.1. The van der Waals surface area contributed by atoms with Crippen LogP contribution in [0, 0.1) is 23.2 Å². The number of anilines is 2. The van der Waals surface area contributed by atoms with E-state index in [1.807, 2.05) is 0 Å². The smallest absolute Gasteiger partial charge is 0.228 e. The molecule has 30 heavy (non-hydrogen) atoms. The predicted molar refractivity (Wildman–Crippen MR) is 117 cm³/mol. The second-order valence-corrected chi connectivity index (χ2v) is 10.8. The van der Waals surface area contributed by atoms with Crippen LogP contribution in [0.2, 0.25) is 0 Å². The standard InChI is InChI=1S/C24H35N5O/c30-23(24-15-18-12-19(16-24)14-20(13-18)17-24)29-10-8-28(9-11-29)22-5-4-21(25-26-22)27-6-2-1-3-7-27/h4-5,18-20H,1-3,6-17H2. The van der Waals surface area contributed by atoms with E-state index in [1.165, 1.54) is 57.8 Å². The molecule has 6 aliphatic rings. The highest BCUT2D eigenvalue weighted by Crippen LogP contribution is 2.60. The molecule has 6 fully saturated rings. The third-order valence-electron chi connectivity index (χ3n) is 8.70. The van der Waals surface area contributed by atoms with E-state index in [2.05, 4.69) is 37.0 Å². The van der Waals surface area contributed by atoms with Crippen LogP contribution < -0.4 is 9.80 Å². The minimum absolute atomic E-state index is 0.00713. The first-order valence-corrected chi connectivity index (χ1v) is 12.3. The Bertz CT molecular complexity index is 744. The van der Waals surface area contributed by atoms with Crippen molar-refractivity contribution in [3.05, 3.63) is 12.1 Å². The molecule has 1 aromatic rings. The highest BCUT2D eigenvalue weighted by molar-refractivity contribution is 5.83. The van der Waals surface area contributed by atoms with Crippen LogP contribution >= 0.6 is 0 Å². The molecule has 7 rings (SSSR count). The Morgan fingerprint density at radius 1 is 0.733 bits per heavy atom. The van der Waals surface area contributed by atoms with Gasteiger partial charge in [-0.15, -0.1) is 10.2 Å². The van der Waals surface area contributed by atoms with Gasteiger partial charge in [-0.2, -0.15) is 0 Å². The van der Waals surface area contributed by atoms with Crippen LogP contribution in [0.5, 0.6) is 0 Å². The van der Waals surface area contributed by atoms with Gasteiger partial charge < -0.3 is 14.7 Å². The predicted octanol–water partition coefficient (Wildman–Crippen LogP) is 3.33. The first-order chi connectivity index (χ1) is 14.7. The summed E-state index contributed by atoms with van der Waals surface area (Å²) in [5.41, 5.74) is -0.00713. The zero-order valence-corrected chi connectivity index (χ0v) is 18.1. The molecule has 6 nitrogen and oxygen atoms in total. The molecule has 4 bridgehead atoms. The average molecular weight is 410 g/mol. The quantitative estimate of drug-likeness (QED) is 0.766. The van der Waals surface area contributed by atoms with Gasteiger partial charge in [0.2, 0.25) is 5.91 Å². The zero-order valence-electron chi connectivity index (χ0n) is 18.1. The van der Waals surface area contributed by atoms with Gasteiger partial charge in [0, 0.05) is 39.3 Å². The summed E-state index contributed by atoms with van der Waals surface area (Å²) in [6.07, 6.45) is 11.5. The second kappa shape index (κ2) is 7.38. The first-order valence-electron chi connectivity index (χ1n) is 12.3. The van der Waals surface area contributed by atoms with E-state index in [1.54, 1.807) is 0 Å². The van der Waals surface area contributed by atoms with Crippen molar-refractivity contribution >= 4 is 17.5 Å². The van der Waals surface area contributed by atoms with Crippen molar-refractivity contribution in [2.45, 2.75) is 57.8 Å².